The van der Waals surface area contributed by atoms with Crippen LogP contribution >= 0.6 is 22.6 Å². The Bertz CT molecular complexity index is 582. The zero-order valence-corrected chi connectivity index (χ0v) is 12.0. The van der Waals surface area contributed by atoms with Crippen LogP contribution in [0.4, 0.5) is 24.8 Å². The van der Waals surface area contributed by atoms with Crippen LogP contribution in [0.5, 0.6) is 0 Å². The van der Waals surface area contributed by atoms with Crippen molar-refractivity contribution in [2.24, 2.45) is 0 Å². The van der Waals surface area contributed by atoms with Crippen LogP contribution in [0.15, 0.2) is 30.6 Å². The van der Waals surface area contributed by atoms with E-state index in [-0.39, 0.29) is 11.5 Å². The van der Waals surface area contributed by atoms with Gasteiger partial charge in [-0.15, -0.1) is 0 Å². The van der Waals surface area contributed by atoms with Crippen molar-refractivity contribution in [3.8, 4) is 0 Å². The lowest BCUT2D eigenvalue weighted by Crippen LogP contribution is -2.08. The van der Waals surface area contributed by atoms with Gasteiger partial charge in [-0.3, -0.25) is 0 Å². The number of alkyl halides is 3. The molecule has 3 nitrogen and oxygen atoms in total. The van der Waals surface area contributed by atoms with E-state index in [1.165, 1.54) is 13.0 Å². The molecule has 100 valence electrons. The number of aromatic nitrogens is 2. The third kappa shape index (κ3) is 3.55. The van der Waals surface area contributed by atoms with Gasteiger partial charge in [-0.1, -0.05) is 6.07 Å². The molecule has 19 heavy (non-hydrogen) atoms. The highest BCUT2D eigenvalue weighted by molar-refractivity contribution is 14.1. The van der Waals surface area contributed by atoms with E-state index < -0.39 is 11.7 Å². The molecule has 2 rings (SSSR count). The van der Waals surface area contributed by atoms with Gasteiger partial charge in [0, 0.05) is 21.7 Å². The Morgan fingerprint density at radius 1 is 1.16 bits per heavy atom. The van der Waals surface area contributed by atoms with E-state index in [2.05, 4.69) is 15.3 Å². The normalized spacial score (nSPS) is 11.4. The molecule has 0 amide bonds. The maximum absolute atomic E-state index is 12.8. The molecule has 0 saturated heterocycles. The van der Waals surface area contributed by atoms with Gasteiger partial charge in [0.2, 0.25) is 5.95 Å². The van der Waals surface area contributed by atoms with Crippen LogP contribution in [-0.2, 0) is 6.18 Å². The molecule has 0 aliphatic rings. The molecule has 0 aliphatic carbocycles. The molecule has 1 aromatic heterocycles. The number of nitrogens with zero attached hydrogens (tertiary/aromatic N) is 2. The second kappa shape index (κ2) is 5.32. The number of hydrogen-bond acceptors (Lipinski definition) is 3. The van der Waals surface area contributed by atoms with E-state index in [9.17, 15) is 13.2 Å². The Hall–Kier alpha value is -1.38. The highest BCUT2D eigenvalue weighted by Crippen LogP contribution is 2.33. The van der Waals surface area contributed by atoms with Crippen molar-refractivity contribution < 1.29 is 13.2 Å². The van der Waals surface area contributed by atoms with E-state index in [1.807, 2.05) is 22.6 Å². The summed E-state index contributed by atoms with van der Waals surface area (Å²) in [4.78, 5) is 7.95. The predicted molar refractivity (Wildman–Crippen MR) is 74.2 cm³/mol. The fourth-order valence-electron chi connectivity index (χ4n) is 1.51. The molecule has 7 heteroatoms. The first-order valence-electron chi connectivity index (χ1n) is 5.28. The first kappa shape index (κ1) is 14.0. The molecule has 0 saturated carbocycles. The van der Waals surface area contributed by atoms with Crippen molar-refractivity contribution >= 4 is 34.2 Å². The summed E-state index contributed by atoms with van der Waals surface area (Å²) in [6, 6.07) is 4.03. The van der Waals surface area contributed by atoms with Crippen LogP contribution in [-0.4, -0.2) is 9.97 Å². The van der Waals surface area contributed by atoms with E-state index in [4.69, 9.17) is 0 Å². The summed E-state index contributed by atoms with van der Waals surface area (Å²) in [5, 5.41) is 2.75. The van der Waals surface area contributed by atoms with Crippen LogP contribution in [0.25, 0.3) is 0 Å². The van der Waals surface area contributed by atoms with Crippen molar-refractivity contribution in [1.29, 1.82) is 0 Å². The highest BCUT2D eigenvalue weighted by atomic mass is 127. The van der Waals surface area contributed by atoms with Gasteiger partial charge in [0.1, 0.15) is 0 Å². The van der Waals surface area contributed by atoms with E-state index in [0.29, 0.717) is 5.69 Å². The number of hydrogen-bond donors (Lipinski definition) is 1. The lowest BCUT2D eigenvalue weighted by molar-refractivity contribution is -0.138. The minimum Gasteiger partial charge on any atom is -0.324 e. The van der Waals surface area contributed by atoms with Gasteiger partial charge in [0.15, 0.2) is 0 Å². The third-order valence-electron chi connectivity index (χ3n) is 2.42. The van der Waals surface area contributed by atoms with Gasteiger partial charge < -0.3 is 5.32 Å². The number of halogens is 4. The SMILES string of the molecule is Cc1ccc(Nc2ncc(I)cn2)cc1C(F)(F)F. The summed E-state index contributed by atoms with van der Waals surface area (Å²) in [5.41, 5.74) is -0.177. The largest absolute Gasteiger partial charge is 0.416 e. The molecule has 2 aromatic rings. The van der Waals surface area contributed by atoms with E-state index in [0.717, 1.165) is 9.64 Å². The average Bonchev–Trinajstić information content (AvgIpc) is 2.33. The molecule has 0 atom stereocenters. The second-order valence-corrected chi connectivity index (χ2v) is 5.12. The predicted octanol–water partition coefficient (Wildman–Crippen LogP) is 4.15. The van der Waals surface area contributed by atoms with Gasteiger partial charge in [0.25, 0.3) is 0 Å². The standard InChI is InChI=1S/C12H9F3IN3/c1-7-2-3-9(4-10(7)12(13,14)15)19-11-17-5-8(16)6-18-11/h2-6H,1H3,(H,17,18,19). The first-order chi connectivity index (χ1) is 8.86. The Labute approximate surface area is 121 Å². The summed E-state index contributed by atoms with van der Waals surface area (Å²) >= 11 is 2.05. The van der Waals surface area contributed by atoms with Gasteiger partial charge in [0.05, 0.1) is 5.56 Å². The van der Waals surface area contributed by atoms with E-state index in [1.54, 1.807) is 18.5 Å². The summed E-state index contributed by atoms with van der Waals surface area (Å²) in [5.74, 6) is 0.261. The van der Waals surface area contributed by atoms with Crippen LogP contribution in [0, 0.1) is 10.5 Å². The zero-order valence-electron chi connectivity index (χ0n) is 9.79. The molecule has 0 spiro atoms. The summed E-state index contributed by atoms with van der Waals surface area (Å²) in [6.45, 7) is 1.42. The Kier molecular flexibility index (Phi) is 3.93. The number of benzene rings is 1. The quantitative estimate of drug-likeness (QED) is 0.797. The number of nitrogens with one attached hydrogen (secondary N) is 1. The molecular weight excluding hydrogens is 370 g/mol. The zero-order chi connectivity index (χ0) is 14.0. The lowest BCUT2D eigenvalue weighted by atomic mass is 10.1. The van der Waals surface area contributed by atoms with Gasteiger partial charge in [-0.2, -0.15) is 13.2 Å². The Balaban J connectivity index is 2.29. The van der Waals surface area contributed by atoms with Crippen LogP contribution in [0.3, 0.4) is 0 Å². The van der Waals surface area contributed by atoms with Gasteiger partial charge in [-0.05, 0) is 47.2 Å². The highest BCUT2D eigenvalue weighted by Gasteiger charge is 2.32. The number of anilines is 2. The molecule has 1 aromatic carbocycles. The minimum absolute atomic E-state index is 0.182. The molecule has 1 N–H and O–H groups in total. The third-order valence-corrected chi connectivity index (χ3v) is 2.98. The fourth-order valence-corrected chi connectivity index (χ4v) is 1.79. The topological polar surface area (TPSA) is 37.8 Å². The molecule has 1 heterocycles. The van der Waals surface area contributed by atoms with Crippen molar-refractivity contribution in [3.05, 3.63) is 45.3 Å². The monoisotopic (exact) mass is 379 g/mol. The molecule has 0 fully saturated rings. The molecular formula is C12H9F3IN3. The van der Waals surface area contributed by atoms with Crippen molar-refractivity contribution in [1.82, 2.24) is 9.97 Å². The maximum atomic E-state index is 12.8. The van der Waals surface area contributed by atoms with Crippen molar-refractivity contribution in [3.63, 3.8) is 0 Å². The van der Waals surface area contributed by atoms with Gasteiger partial charge in [-0.25, -0.2) is 9.97 Å². The smallest absolute Gasteiger partial charge is 0.324 e. The molecule has 0 unspecified atom stereocenters. The summed E-state index contributed by atoms with van der Waals surface area (Å²) in [6.07, 6.45) is -1.21. The van der Waals surface area contributed by atoms with Crippen molar-refractivity contribution in [2.75, 3.05) is 5.32 Å². The molecule has 0 radical (unpaired) electrons. The van der Waals surface area contributed by atoms with E-state index >= 15 is 0 Å². The van der Waals surface area contributed by atoms with Gasteiger partial charge >= 0.3 is 6.18 Å². The van der Waals surface area contributed by atoms with Crippen molar-refractivity contribution in [2.45, 2.75) is 13.1 Å². The summed E-state index contributed by atoms with van der Waals surface area (Å²) < 4.78 is 39.1. The maximum Gasteiger partial charge on any atom is 0.416 e. The van der Waals surface area contributed by atoms with Crippen LogP contribution in [0.2, 0.25) is 0 Å². The fraction of sp³-hybridized carbons (Fsp3) is 0.167. The minimum atomic E-state index is -4.37. The van der Waals surface area contributed by atoms with Crippen LogP contribution < -0.4 is 5.32 Å². The number of aryl methyl sites for hydroxylation is 1. The number of rotatable bonds is 2. The second-order valence-electron chi connectivity index (χ2n) is 3.88. The van der Waals surface area contributed by atoms with Crippen LogP contribution in [0.1, 0.15) is 11.1 Å². The lowest BCUT2D eigenvalue weighted by Gasteiger charge is -2.12. The first-order valence-corrected chi connectivity index (χ1v) is 6.36. The Morgan fingerprint density at radius 2 is 1.79 bits per heavy atom. The molecule has 0 bridgehead atoms. The average molecular weight is 379 g/mol. The molecule has 0 aliphatic heterocycles. The Morgan fingerprint density at radius 3 is 2.37 bits per heavy atom. The summed E-state index contributed by atoms with van der Waals surface area (Å²) in [7, 11) is 0.